The van der Waals surface area contributed by atoms with Gasteiger partial charge in [0.05, 0.1) is 16.1 Å². The minimum atomic E-state index is -1.33. The molecular weight excluding hydrogens is 262 g/mol. The molecular formula is C16H25NSi2. The molecule has 1 aromatic carbocycles. The van der Waals surface area contributed by atoms with E-state index in [0.717, 1.165) is 0 Å². The Morgan fingerprint density at radius 1 is 0.632 bits per heavy atom. The molecule has 0 saturated heterocycles. The monoisotopic (exact) mass is 287 g/mol. The number of benzene rings is 1. The predicted octanol–water partition coefficient (Wildman–Crippen LogP) is 3.57. The molecule has 0 aliphatic heterocycles. The Hall–Kier alpha value is -1.07. The fraction of sp³-hybridized carbons (Fsp3) is 0.375. The van der Waals surface area contributed by atoms with E-state index in [0.29, 0.717) is 0 Å². The first-order chi connectivity index (χ1) is 8.71. The Bertz CT molecular complexity index is 525. The van der Waals surface area contributed by atoms with Gasteiger partial charge in [0.15, 0.2) is 0 Å². The second kappa shape index (κ2) is 4.80. The maximum absolute atomic E-state index is 2.54. The van der Waals surface area contributed by atoms with Crippen molar-refractivity contribution in [2.45, 2.75) is 39.3 Å². The number of para-hydroxylation sites is 1. The van der Waals surface area contributed by atoms with Gasteiger partial charge in [0.25, 0.3) is 0 Å². The second-order valence-electron chi connectivity index (χ2n) is 7.27. The van der Waals surface area contributed by atoms with Crippen LogP contribution in [0.1, 0.15) is 0 Å². The highest BCUT2D eigenvalue weighted by atomic mass is 28.3. The summed E-state index contributed by atoms with van der Waals surface area (Å²) in [6.07, 6.45) is 0. The van der Waals surface area contributed by atoms with Gasteiger partial charge >= 0.3 is 0 Å². The third kappa shape index (κ3) is 2.92. The van der Waals surface area contributed by atoms with E-state index in [1.807, 2.05) is 0 Å². The summed E-state index contributed by atoms with van der Waals surface area (Å²) < 4.78 is 2.54. The van der Waals surface area contributed by atoms with Gasteiger partial charge in [-0.05, 0) is 24.3 Å². The molecule has 0 saturated carbocycles. The molecule has 0 aliphatic rings. The van der Waals surface area contributed by atoms with Gasteiger partial charge < -0.3 is 4.57 Å². The van der Waals surface area contributed by atoms with Gasteiger partial charge in [0.2, 0.25) is 0 Å². The maximum Gasteiger partial charge on any atom is 0.0989 e. The molecule has 0 radical (unpaired) electrons. The van der Waals surface area contributed by atoms with Gasteiger partial charge in [0.1, 0.15) is 0 Å². The normalized spacial score (nSPS) is 12.7. The number of hydrogen-bond donors (Lipinski definition) is 0. The quantitative estimate of drug-likeness (QED) is 0.761. The lowest BCUT2D eigenvalue weighted by atomic mass is 10.3. The van der Waals surface area contributed by atoms with Crippen molar-refractivity contribution in [2.24, 2.45) is 0 Å². The minimum Gasteiger partial charge on any atom is -0.326 e. The third-order valence-electron chi connectivity index (χ3n) is 3.43. The summed E-state index contributed by atoms with van der Waals surface area (Å²) in [5.41, 5.74) is 1.32. The van der Waals surface area contributed by atoms with Crippen molar-refractivity contribution in [1.82, 2.24) is 4.57 Å². The molecule has 0 spiro atoms. The summed E-state index contributed by atoms with van der Waals surface area (Å²) in [6.45, 7) is 14.6. The molecule has 0 bridgehead atoms. The second-order valence-corrected chi connectivity index (χ2v) is 17.3. The van der Waals surface area contributed by atoms with E-state index in [1.54, 1.807) is 0 Å². The molecule has 102 valence electrons. The molecule has 3 heteroatoms. The van der Waals surface area contributed by atoms with Crippen LogP contribution in [0.15, 0.2) is 42.5 Å². The first-order valence-corrected chi connectivity index (χ1v) is 14.0. The lowest BCUT2D eigenvalue weighted by Gasteiger charge is -2.26. The van der Waals surface area contributed by atoms with E-state index in [4.69, 9.17) is 0 Å². The van der Waals surface area contributed by atoms with Crippen LogP contribution in [0.2, 0.25) is 39.3 Å². The Balaban J connectivity index is 2.71. The highest BCUT2D eigenvalue weighted by Gasteiger charge is 2.28. The first kappa shape index (κ1) is 14.3. The van der Waals surface area contributed by atoms with Crippen LogP contribution in [0.3, 0.4) is 0 Å². The summed E-state index contributed by atoms with van der Waals surface area (Å²) in [7, 11) is -2.67. The third-order valence-corrected chi connectivity index (χ3v) is 7.29. The fourth-order valence-electron chi connectivity index (χ4n) is 2.46. The molecule has 2 aromatic rings. The molecule has 0 unspecified atom stereocenters. The van der Waals surface area contributed by atoms with Crippen LogP contribution >= 0.6 is 0 Å². The van der Waals surface area contributed by atoms with Gasteiger partial charge in [-0.3, -0.25) is 0 Å². The Morgan fingerprint density at radius 3 is 1.42 bits per heavy atom. The summed E-state index contributed by atoms with van der Waals surface area (Å²) in [5, 5.41) is 3.08. The van der Waals surface area contributed by atoms with Gasteiger partial charge in [-0.1, -0.05) is 57.5 Å². The zero-order valence-corrected chi connectivity index (χ0v) is 15.0. The van der Waals surface area contributed by atoms with E-state index in [1.165, 1.54) is 16.3 Å². The number of nitrogens with zero attached hydrogens (tertiary/aromatic N) is 1. The summed E-state index contributed by atoms with van der Waals surface area (Å²) >= 11 is 0. The molecule has 1 nitrogen and oxygen atoms in total. The van der Waals surface area contributed by atoms with Crippen molar-refractivity contribution < 1.29 is 0 Å². The van der Waals surface area contributed by atoms with Crippen molar-refractivity contribution in [3.05, 3.63) is 42.5 Å². The number of hydrogen-bond acceptors (Lipinski definition) is 0. The molecule has 0 fully saturated rings. The zero-order valence-electron chi connectivity index (χ0n) is 13.0. The van der Waals surface area contributed by atoms with Crippen LogP contribution in [0.5, 0.6) is 0 Å². The van der Waals surface area contributed by atoms with E-state index in [2.05, 4.69) is 86.3 Å². The number of rotatable bonds is 3. The van der Waals surface area contributed by atoms with Crippen molar-refractivity contribution in [3.63, 3.8) is 0 Å². The minimum absolute atomic E-state index is 1.32. The summed E-state index contributed by atoms with van der Waals surface area (Å²) in [5.74, 6) is 0. The van der Waals surface area contributed by atoms with Gasteiger partial charge in [-0.15, -0.1) is 0 Å². The average molecular weight is 288 g/mol. The lowest BCUT2D eigenvalue weighted by Crippen LogP contribution is -2.50. The van der Waals surface area contributed by atoms with Crippen molar-refractivity contribution in [1.29, 1.82) is 0 Å². The zero-order chi connectivity index (χ0) is 14.3. The molecule has 0 aliphatic carbocycles. The molecule has 0 atom stereocenters. The largest absolute Gasteiger partial charge is 0.326 e. The van der Waals surface area contributed by atoms with Crippen molar-refractivity contribution >= 4 is 26.8 Å². The maximum atomic E-state index is 2.54. The molecule has 1 heterocycles. The van der Waals surface area contributed by atoms with E-state index in [-0.39, 0.29) is 0 Å². The Labute approximate surface area is 119 Å². The summed E-state index contributed by atoms with van der Waals surface area (Å²) in [6, 6.07) is 15.6. The van der Waals surface area contributed by atoms with Crippen LogP contribution in [0.4, 0.5) is 0 Å². The van der Waals surface area contributed by atoms with Crippen molar-refractivity contribution in [2.75, 3.05) is 0 Å². The Morgan fingerprint density at radius 2 is 1.05 bits per heavy atom. The molecule has 0 amide bonds. The molecule has 19 heavy (non-hydrogen) atoms. The van der Waals surface area contributed by atoms with E-state index >= 15 is 0 Å². The van der Waals surface area contributed by atoms with Crippen LogP contribution in [0.25, 0.3) is 5.69 Å². The van der Waals surface area contributed by atoms with E-state index < -0.39 is 16.1 Å². The van der Waals surface area contributed by atoms with Crippen LogP contribution in [-0.4, -0.2) is 20.7 Å². The van der Waals surface area contributed by atoms with Gasteiger partial charge in [0, 0.05) is 16.3 Å². The molecule has 1 aromatic heterocycles. The standard InChI is InChI=1S/C16H25NSi2/c1-18(2,3)15-12-13-16(19(4,5)6)17(15)14-10-8-7-9-11-14/h7-13H,1-6H3. The molecule has 0 N–H and O–H groups in total. The van der Waals surface area contributed by atoms with E-state index in [9.17, 15) is 0 Å². The van der Waals surface area contributed by atoms with Crippen molar-refractivity contribution in [3.8, 4) is 5.69 Å². The lowest BCUT2D eigenvalue weighted by molar-refractivity contribution is 1.13. The average Bonchev–Trinajstić information content (AvgIpc) is 2.73. The van der Waals surface area contributed by atoms with Gasteiger partial charge in [-0.2, -0.15) is 0 Å². The summed E-state index contributed by atoms with van der Waals surface area (Å²) in [4.78, 5) is 0. The van der Waals surface area contributed by atoms with Crippen LogP contribution in [-0.2, 0) is 0 Å². The predicted molar refractivity (Wildman–Crippen MR) is 91.7 cm³/mol. The number of aromatic nitrogens is 1. The Kier molecular flexibility index (Phi) is 3.62. The van der Waals surface area contributed by atoms with Crippen LogP contribution in [0, 0.1) is 0 Å². The molecule has 2 rings (SSSR count). The topological polar surface area (TPSA) is 4.93 Å². The SMILES string of the molecule is C[Si](C)(C)c1ccc([Si](C)(C)C)n1-c1ccccc1. The highest BCUT2D eigenvalue weighted by Crippen LogP contribution is 2.13. The first-order valence-electron chi connectivity index (χ1n) is 6.99. The van der Waals surface area contributed by atoms with Gasteiger partial charge in [-0.25, -0.2) is 0 Å². The smallest absolute Gasteiger partial charge is 0.0989 e. The fourth-order valence-corrected chi connectivity index (χ4v) is 5.58. The highest BCUT2D eigenvalue weighted by molar-refractivity contribution is 6.91. The van der Waals surface area contributed by atoms with Crippen LogP contribution < -0.4 is 10.6 Å².